The summed E-state index contributed by atoms with van der Waals surface area (Å²) in [6, 6.07) is 12.1. The summed E-state index contributed by atoms with van der Waals surface area (Å²) >= 11 is 0. The summed E-state index contributed by atoms with van der Waals surface area (Å²) < 4.78 is 9.78. The van der Waals surface area contributed by atoms with Gasteiger partial charge in [-0.25, -0.2) is 4.79 Å². The van der Waals surface area contributed by atoms with Crippen LogP contribution in [0.2, 0.25) is 0 Å². The van der Waals surface area contributed by atoms with E-state index < -0.39 is 5.97 Å². The molecule has 3 rings (SSSR count). The molecule has 0 spiro atoms. The van der Waals surface area contributed by atoms with E-state index in [1.807, 2.05) is 30.3 Å². The molecule has 0 saturated carbocycles. The quantitative estimate of drug-likeness (QED) is 0.545. The highest BCUT2D eigenvalue weighted by molar-refractivity contribution is 6.13. The number of carbonyl (C=O) groups excluding carboxylic acids is 2. The number of esters is 1. The molecule has 5 heteroatoms. The van der Waals surface area contributed by atoms with Crippen LogP contribution in [-0.4, -0.2) is 23.8 Å². The lowest BCUT2D eigenvalue weighted by molar-refractivity contribution is 0.0563. The third kappa shape index (κ3) is 2.29. The fraction of sp³-hybridized carbons (Fsp3) is 0.0625. The molecule has 0 unspecified atom stereocenters. The number of ketones is 1. The molecule has 0 amide bonds. The fourth-order valence-electron chi connectivity index (χ4n) is 2.09. The molecule has 0 aliphatic heterocycles. The van der Waals surface area contributed by atoms with Crippen molar-refractivity contribution in [1.29, 1.82) is 0 Å². The number of carbonyl (C=O) groups is 2. The number of pyridine rings is 1. The van der Waals surface area contributed by atoms with E-state index in [0.29, 0.717) is 5.69 Å². The number of rotatable bonds is 3. The molecule has 0 N–H and O–H groups in total. The van der Waals surface area contributed by atoms with Crippen LogP contribution >= 0.6 is 0 Å². The Kier molecular flexibility index (Phi) is 3.23. The topological polar surface area (TPSA) is 69.4 Å². The Morgan fingerprint density at radius 3 is 2.62 bits per heavy atom. The van der Waals surface area contributed by atoms with Gasteiger partial charge in [0.2, 0.25) is 11.5 Å². The highest BCUT2D eigenvalue weighted by Crippen LogP contribution is 2.20. The van der Waals surface area contributed by atoms with Crippen molar-refractivity contribution in [3.05, 3.63) is 65.9 Å². The van der Waals surface area contributed by atoms with Crippen LogP contribution in [0.3, 0.4) is 0 Å². The van der Waals surface area contributed by atoms with Crippen molar-refractivity contribution in [2.45, 2.75) is 0 Å². The van der Waals surface area contributed by atoms with Gasteiger partial charge in [-0.2, -0.15) is 0 Å². The number of aromatic nitrogens is 1. The van der Waals surface area contributed by atoms with Crippen molar-refractivity contribution in [3.8, 4) is 0 Å². The number of hydrogen-bond acceptors (Lipinski definition) is 5. The van der Waals surface area contributed by atoms with Crippen molar-refractivity contribution in [1.82, 2.24) is 4.98 Å². The smallest absolute Gasteiger partial charge is 0.373 e. The molecule has 0 bridgehead atoms. The first-order valence-electron chi connectivity index (χ1n) is 6.27. The summed E-state index contributed by atoms with van der Waals surface area (Å²) in [5, 5.41) is 1.65. The minimum absolute atomic E-state index is 0.0129. The number of fused-ring (bicyclic) bond motifs is 1. The summed E-state index contributed by atoms with van der Waals surface area (Å²) in [6.45, 7) is 0. The lowest BCUT2D eigenvalue weighted by atomic mass is 10.1. The van der Waals surface area contributed by atoms with Crippen LogP contribution in [0.5, 0.6) is 0 Å². The van der Waals surface area contributed by atoms with E-state index >= 15 is 0 Å². The zero-order chi connectivity index (χ0) is 14.8. The molecule has 0 aliphatic rings. The molecule has 1 aromatic carbocycles. The average molecular weight is 281 g/mol. The lowest BCUT2D eigenvalue weighted by Gasteiger charge is -2.02. The fourth-order valence-corrected chi connectivity index (χ4v) is 2.09. The van der Waals surface area contributed by atoms with Crippen LogP contribution in [0.25, 0.3) is 10.8 Å². The summed E-state index contributed by atoms with van der Waals surface area (Å²) in [5.41, 5.74) is 0.291. The molecular formula is C16H11NO4. The molecule has 2 heterocycles. The highest BCUT2D eigenvalue weighted by Gasteiger charge is 2.20. The van der Waals surface area contributed by atoms with Crippen LogP contribution < -0.4 is 0 Å². The molecule has 2 aromatic heterocycles. The Morgan fingerprint density at radius 2 is 1.81 bits per heavy atom. The molecule has 21 heavy (non-hydrogen) atoms. The largest absolute Gasteiger partial charge is 0.463 e. The Bertz CT molecular complexity index is 830. The molecule has 104 valence electrons. The van der Waals surface area contributed by atoms with E-state index in [1.54, 1.807) is 6.20 Å². The van der Waals surface area contributed by atoms with Crippen LogP contribution in [0.4, 0.5) is 0 Å². The van der Waals surface area contributed by atoms with E-state index in [9.17, 15) is 9.59 Å². The third-order valence-electron chi connectivity index (χ3n) is 3.11. The van der Waals surface area contributed by atoms with Crippen LogP contribution in [0.1, 0.15) is 26.8 Å². The van der Waals surface area contributed by atoms with E-state index in [2.05, 4.69) is 9.72 Å². The minimum Gasteiger partial charge on any atom is -0.463 e. The molecule has 0 saturated heterocycles. The van der Waals surface area contributed by atoms with Gasteiger partial charge < -0.3 is 9.15 Å². The number of furan rings is 1. The number of ether oxygens (including phenoxy) is 1. The zero-order valence-corrected chi connectivity index (χ0v) is 11.2. The van der Waals surface area contributed by atoms with E-state index in [0.717, 1.165) is 10.8 Å². The van der Waals surface area contributed by atoms with Crippen molar-refractivity contribution >= 4 is 22.5 Å². The summed E-state index contributed by atoms with van der Waals surface area (Å²) in [6.07, 6.45) is 1.57. The molecule has 0 fully saturated rings. The van der Waals surface area contributed by atoms with Crippen LogP contribution in [0.15, 0.2) is 53.1 Å². The van der Waals surface area contributed by atoms with E-state index in [1.165, 1.54) is 19.2 Å². The predicted octanol–water partition coefficient (Wildman–Crippen LogP) is 2.85. The van der Waals surface area contributed by atoms with Gasteiger partial charge in [-0.3, -0.25) is 9.78 Å². The van der Waals surface area contributed by atoms with Gasteiger partial charge in [0.25, 0.3) is 0 Å². The first kappa shape index (κ1) is 13.1. The Morgan fingerprint density at radius 1 is 1.05 bits per heavy atom. The second-order valence-electron chi connectivity index (χ2n) is 4.37. The Labute approximate surface area is 120 Å². The van der Waals surface area contributed by atoms with Gasteiger partial charge in [-0.1, -0.05) is 24.3 Å². The summed E-state index contributed by atoms with van der Waals surface area (Å²) in [4.78, 5) is 28.0. The van der Waals surface area contributed by atoms with Gasteiger partial charge in [-0.15, -0.1) is 0 Å². The maximum absolute atomic E-state index is 12.5. The number of methoxy groups -OCH3 is 1. The molecular weight excluding hydrogens is 270 g/mol. The Balaban J connectivity index is 2.05. The van der Waals surface area contributed by atoms with Gasteiger partial charge in [0.15, 0.2) is 5.76 Å². The van der Waals surface area contributed by atoms with Gasteiger partial charge in [0.05, 0.1) is 7.11 Å². The Hall–Kier alpha value is -2.95. The van der Waals surface area contributed by atoms with Crippen LogP contribution in [0, 0.1) is 0 Å². The maximum Gasteiger partial charge on any atom is 0.373 e. The monoisotopic (exact) mass is 281 g/mol. The van der Waals surface area contributed by atoms with E-state index in [4.69, 9.17) is 4.42 Å². The molecule has 3 aromatic rings. The van der Waals surface area contributed by atoms with Crippen LogP contribution in [-0.2, 0) is 4.74 Å². The van der Waals surface area contributed by atoms with Gasteiger partial charge in [0, 0.05) is 11.6 Å². The summed E-state index contributed by atoms with van der Waals surface area (Å²) in [5.74, 6) is -0.956. The van der Waals surface area contributed by atoms with Gasteiger partial charge >= 0.3 is 5.97 Å². The second-order valence-corrected chi connectivity index (χ2v) is 4.37. The first-order chi connectivity index (χ1) is 10.2. The SMILES string of the molecule is COC(=O)c1ccc(C(=O)c2nccc3ccccc23)o1. The van der Waals surface area contributed by atoms with E-state index in [-0.39, 0.29) is 17.3 Å². The van der Waals surface area contributed by atoms with Crippen molar-refractivity contribution in [3.63, 3.8) is 0 Å². The predicted molar refractivity (Wildman–Crippen MR) is 75.2 cm³/mol. The normalized spacial score (nSPS) is 10.5. The third-order valence-corrected chi connectivity index (χ3v) is 3.11. The maximum atomic E-state index is 12.5. The molecule has 5 nitrogen and oxygen atoms in total. The average Bonchev–Trinajstić information content (AvgIpc) is 3.03. The van der Waals surface area contributed by atoms with Crippen molar-refractivity contribution in [2.75, 3.05) is 7.11 Å². The number of nitrogens with zero attached hydrogens (tertiary/aromatic N) is 1. The second kappa shape index (κ2) is 5.20. The van der Waals surface area contributed by atoms with Crippen molar-refractivity contribution < 1.29 is 18.7 Å². The summed E-state index contributed by atoms with van der Waals surface area (Å²) in [7, 11) is 1.25. The number of hydrogen-bond donors (Lipinski definition) is 0. The number of benzene rings is 1. The molecule has 0 aliphatic carbocycles. The lowest BCUT2D eigenvalue weighted by Crippen LogP contribution is -2.04. The standard InChI is InChI=1S/C16H11NO4/c1-20-16(19)13-7-6-12(21-13)15(18)14-11-5-3-2-4-10(11)8-9-17-14/h2-9H,1H3. The molecule has 0 radical (unpaired) electrons. The highest BCUT2D eigenvalue weighted by atomic mass is 16.5. The van der Waals surface area contributed by atoms with Gasteiger partial charge in [0.1, 0.15) is 5.69 Å². The van der Waals surface area contributed by atoms with Crippen molar-refractivity contribution in [2.24, 2.45) is 0 Å². The molecule has 0 atom stereocenters. The van der Waals surface area contributed by atoms with Gasteiger partial charge in [-0.05, 0) is 23.6 Å². The first-order valence-corrected chi connectivity index (χ1v) is 6.27. The zero-order valence-electron chi connectivity index (χ0n) is 11.2. The minimum atomic E-state index is -0.625.